The molecule has 0 fully saturated rings. The van der Waals surface area contributed by atoms with Crippen molar-refractivity contribution in [2.24, 2.45) is 0 Å². The first-order chi connectivity index (χ1) is 20.4. The average Bonchev–Trinajstić information content (AvgIpc) is 2.97. The van der Waals surface area contributed by atoms with E-state index in [1.807, 2.05) is 13.8 Å². The van der Waals surface area contributed by atoms with Crippen molar-refractivity contribution in [2.75, 3.05) is 24.5 Å². The molecule has 0 saturated heterocycles. The summed E-state index contributed by atoms with van der Waals surface area (Å²) >= 11 is 16.3. The van der Waals surface area contributed by atoms with E-state index in [0.717, 1.165) is 22.7 Å². The normalized spacial score (nSPS) is 12.0. The highest BCUT2D eigenvalue weighted by Crippen LogP contribution is 2.32. The van der Waals surface area contributed by atoms with Crippen molar-refractivity contribution in [2.45, 2.75) is 57.5 Å². The number of carbonyl (C=O) groups is 2. The molecule has 1 unspecified atom stereocenters. The van der Waals surface area contributed by atoms with Crippen LogP contribution in [0.15, 0.2) is 70.0 Å². The van der Waals surface area contributed by atoms with Crippen LogP contribution in [0.1, 0.15) is 44.2 Å². The van der Waals surface area contributed by atoms with Crippen LogP contribution in [0.4, 0.5) is 5.69 Å². The zero-order chi connectivity index (χ0) is 31.7. The number of nitrogens with zero attached hydrogens (tertiary/aromatic N) is 2. The second kappa shape index (κ2) is 15.8. The van der Waals surface area contributed by atoms with Gasteiger partial charge < -0.3 is 15.0 Å². The van der Waals surface area contributed by atoms with Gasteiger partial charge in [-0.05, 0) is 78.2 Å². The second-order valence-electron chi connectivity index (χ2n) is 9.93. The van der Waals surface area contributed by atoms with Crippen molar-refractivity contribution in [3.8, 4) is 5.75 Å². The van der Waals surface area contributed by atoms with Crippen molar-refractivity contribution in [3.63, 3.8) is 0 Å². The van der Waals surface area contributed by atoms with Crippen molar-refractivity contribution in [1.82, 2.24) is 10.2 Å². The number of anilines is 1. The lowest BCUT2D eigenvalue weighted by Crippen LogP contribution is -2.52. The number of nitrogens with one attached hydrogen (secondary N) is 1. The Morgan fingerprint density at radius 3 is 2.23 bits per heavy atom. The van der Waals surface area contributed by atoms with E-state index in [9.17, 15) is 18.0 Å². The van der Waals surface area contributed by atoms with Gasteiger partial charge in [0.2, 0.25) is 11.8 Å². The molecular weight excluding hydrogens is 677 g/mol. The fourth-order valence-electron chi connectivity index (χ4n) is 4.45. The lowest BCUT2D eigenvalue weighted by Gasteiger charge is -2.33. The van der Waals surface area contributed by atoms with Gasteiger partial charge in [-0.2, -0.15) is 0 Å². The highest BCUT2D eigenvalue weighted by Gasteiger charge is 2.34. The van der Waals surface area contributed by atoms with E-state index in [1.54, 1.807) is 49.4 Å². The Hall–Kier alpha value is -2.79. The van der Waals surface area contributed by atoms with E-state index < -0.39 is 28.5 Å². The van der Waals surface area contributed by atoms with Gasteiger partial charge in [0.15, 0.2) is 0 Å². The molecule has 3 aromatic rings. The molecule has 0 saturated carbocycles. The summed E-state index contributed by atoms with van der Waals surface area (Å²) < 4.78 is 35.0. The van der Waals surface area contributed by atoms with Crippen LogP contribution in [0.25, 0.3) is 0 Å². The maximum atomic E-state index is 14.2. The molecule has 1 N–H and O–H groups in total. The topological polar surface area (TPSA) is 96.0 Å². The molecule has 0 aliphatic carbocycles. The molecule has 0 bridgehead atoms. The van der Waals surface area contributed by atoms with Gasteiger partial charge in [-0.3, -0.25) is 13.9 Å². The summed E-state index contributed by atoms with van der Waals surface area (Å²) in [5, 5.41) is 3.56. The van der Waals surface area contributed by atoms with E-state index in [0.29, 0.717) is 38.1 Å². The molecule has 0 aromatic heterocycles. The van der Waals surface area contributed by atoms with Gasteiger partial charge in [0.25, 0.3) is 10.0 Å². The van der Waals surface area contributed by atoms with Gasteiger partial charge >= 0.3 is 0 Å². The molecule has 0 heterocycles. The number of methoxy groups -OCH3 is 1. The number of aryl methyl sites for hydroxylation is 1. The number of benzene rings is 3. The minimum atomic E-state index is -4.25. The van der Waals surface area contributed by atoms with Crippen LogP contribution in [0.2, 0.25) is 10.0 Å². The highest BCUT2D eigenvalue weighted by atomic mass is 79.9. The van der Waals surface area contributed by atoms with Crippen LogP contribution in [0.3, 0.4) is 0 Å². The number of carbonyl (C=O) groups excluding carboxylic acids is 2. The molecule has 3 rings (SSSR count). The Morgan fingerprint density at radius 2 is 1.67 bits per heavy atom. The van der Waals surface area contributed by atoms with Crippen LogP contribution in [0.5, 0.6) is 5.75 Å². The largest absolute Gasteiger partial charge is 0.496 e. The number of hydrogen-bond acceptors (Lipinski definition) is 5. The summed E-state index contributed by atoms with van der Waals surface area (Å²) in [4.78, 5) is 28.9. The predicted molar refractivity (Wildman–Crippen MR) is 175 cm³/mol. The molecule has 0 spiro atoms. The van der Waals surface area contributed by atoms with Gasteiger partial charge in [0.05, 0.1) is 22.2 Å². The Morgan fingerprint density at radius 1 is 1.02 bits per heavy atom. The number of hydrogen-bond donors (Lipinski definition) is 1. The first-order valence-corrected chi connectivity index (χ1v) is 16.9. The molecule has 43 heavy (non-hydrogen) atoms. The molecule has 0 aliphatic rings. The van der Waals surface area contributed by atoms with Crippen molar-refractivity contribution >= 4 is 66.7 Å². The zero-order valence-corrected chi connectivity index (χ0v) is 28.5. The minimum absolute atomic E-state index is 0.0430. The smallest absolute Gasteiger partial charge is 0.264 e. The molecule has 2 amide bonds. The Balaban J connectivity index is 2.09. The fourth-order valence-corrected chi connectivity index (χ4v) is 7.10. The molecule has 3 aromatic carbocycles. The first-order valence-electron chi connectivity index (χ1n) is 13.9. The van der Waals surface area contributed by atoms with Crippen molar-refractivity contribution < 1.29 is 22.7 Å². The molecule has 0 aliphatic heterocycles. The zero-order valence-electron chi connectivity index (χ0n) is 24.6. The summed E-state index contributed by atoms with van der Waals surface area (Å²) in [5.41, 5.74) is 1.68. The number of halogens is 3. The Labute approximate surface area is 272 Å². The maximum Gasteiger partial charge on any atom is 0.264 e. The Kier molecular flexibility index (Phi) is 12.7. The van der Waals surface area contributed by atoms with Crippen LogP contribution in [-0.2, 0) is 26.2 Å². The highest BCUT2D eigenvalue weighted by molar-refractivity contribution is 9.10. The third-order valence-electron chi connectivity index (χ3n) is 6.92. The first kappa shape index (κ1) is 34.7. The quantitative estimate of drug-likeness (QED) is 0.182. The molecule has 232 valence electrons. The molecule has 0 radical (unpaired) electrons. The fraction of sp³-hybridized carbons (Fsp3) is 0.355. The summed E-state index contributed by atoms with van der Waals surface area (Å²) in [6.07, 6.45) is 1.96. The number of unbranched alkanes of at least 4 members (excludes halogenated alkanes) is 1. The van der Waals surface area contributed by atoms with E-state index in [4.69, 9.17) is 27.9 Å². The van der Waals surface area contributed by atoms with Crippen LogP contribution < -0.4 is 14.4 Å². The van der Waals surface area contributed by atoms with E-state index in [-0.39, 0.29) is 23.8 Å². The average molecular weight is 714 g/mol. The van der Waals surface area contributed by atoms with Crippen LogP contribution in [0, 0.1) is 6.92 Å². The minimum Gasteiger partial charge on any atom is -0.496 e. The van der Waals surface area contributed by atoms with Crippen LogP contribution in [-0.4, -0.2) is 51.4 Å². The lowest BCUT2D eigenvalue weighted by atomic mass is 10.1. The molecule has 1 atom stereocenters. The summed E-state index contributed by atoms with van der Waals surface area (Å²) in [6, 6.07) is 15.3. The van der Waals surface area contributed by atoms with Crippen molar-refractivity contribution in [3.05, 3.63) is 86.3 Å². The van der Waals surface area contributed by atoms with Gasteiger partial charge in [-0.25, -0.2) is 8.42 Å². The Bertz CT molecular complexity index is 1520. The number of ether oxygens (including phenoxy) is 1. The maximum absolute atomic E-state index is 14.2. The van der Waals surface area contributed by atoms with Crippen LogP contribution >= 0.6 is 39.1 Å². The monoisotopic (exact) mass is 711 g/mol. The van der Waals surface area contributed by atoms with E-state index in [2.05, 4.69) is 21.2 Å². The number of sulfonamides is 1. The number of rotatable bonds is 14. The van der Waals surface area contributed by atoms with Crippen molar-refractivity contribution in [1.29, 1.82) is 0 Å². The third-order valence-corrected chi connectivity index (χ3v) is 10.0. The van der Waals surface area contributed by atoms with Gasteiger partial charge in [0, 0.05) is 28.7 Å². The molecule has 12 heteroatoms. The van der Waals surface area contributed by atoms with Gasteiger partial charge in [0.1, 0.15) is 18.3 Å². The summed E-state index contributed by atoms with van der Waals surface area (Å²) in [7, 11) is -2.77. The molecular formula is C31H36BrCl2N3O5S. The molecule has 8 nitrogen and oxygen atoms in total. The third kappa shape index (κ3) is 8.65. The van der Waals surface area contributed by atoms with Gasteiger partial charge in [-0.15, -0.1) is 0 Å². The lowest BCUT2D eigenvalue weighted by molar-refractivity contribution is -0.140. The van der Waals surface area contributed by atoms with E-state index in [1.165, 1.54) is 30.2 Å². The summed E-state index contributed by atoms with van der Waals surface area (Å²) in [6.45, 7) is 5.48. The standard InChI is InChI=1S/C31H36BrCl2N3O5S/c1-5-7-17-35-31(39)28(6-2)36(19-24-26(33)9-8-10-27(24)34)30(38)20-37(22-13-11-21(3)12-14-22)43(40,41)23-15-16-29(42-4)25(32)18-23/h8-16,18,28H,5-7,17,19-20H2,1-4H3,(H,35,39). The predicted octanol–water partition coefficient (Wildman–Crippen LogP) is 6.99. The number of amides is 2. The van der Waals surface area contributed by atoms with Gasteiger partial charge in [-0.1, -0.05) is 67.2 Å². The second-order valence-corrected chi connectivity index (χ2v) is 13.5. The SMILES string of the molecule is CCCCNC(=O)C(CC)N(Cc1c(Cl)cccc1Cl)C(=O)CN(c1ccc(C)cc1)S(=O)(=O)c1ccc(OC)c(Br)c1. The summed E-state index contributed by atoms with van der Waals surface area (Å²) in [5.74, 6) is -0.471. The van der Waals surface area contributed by atoms with E-state index >= 15 is 0 Å².